The summed E-state index contributed by atoms with van der Waals surface area (Å²) in [5.74, 6) is 0.276. The second kappa shape index (κ2) is 10.0. The van der Waals surface area contributed by atoms with Crippen LogP contribution >= 0.6 is 11.6 Å². The van der Waals surface area contributed by atoms with E-state index >= 15 is 0 Å². The molecule has 32 heavy (non-hydrogen) atoms. The number of anilines is 2. The minimum Gasteiger partial charge on any atom is -0.495 e. The first-order valence-corrected chi connectivity index (χ1v) is 10.9. The SMILES string of the molecule is COc1ccc(Cl)cc1N1CCN(Cc2cccc(C(=O)Nc3ccc(F)cc3)c2)CC1. The fourth-order valence-electron chi connectivity index (χ4n) is 3.86. The zero-order valence-corrected chi connectivity index (χ0v) is 18.6. The molecule has 1 fully saturated rings. The van der Waals surface area contributed by atoms with Crippen molar-refractivity contribution in [3.8, 4) is 5.75 Å². The number of nitrogens with one attached hydrogen (secondary N) is 1. The summed E-state index contributed by atoms with van der Waals surface area (Å²) in [6.45, 7) is 4.27. The average Bonchev–Trinajstić information content (AvgIpc) is 2.81. The zero-order valence-electron chi connectivity index (χ0n) is 17.9. The van der Waals surface area contributed by atoms with E-state index in [0.717, 1.165) is 49.7 Å². The van der Waals surface area contributed by atoms with Gasteiger partial charge in [0.1, 0.15) is 11.6 Å². The van der Waals surface area contributed by atoms with Gasteiger partial charge in [-0.3, -0.25) is 9.69 Å². The highest BCUT2D eigenvalue weighted by molar-refractivity contribution is 6.30. The van der Waals surface area contributed by atoms with Crippen LogP contribution in [0.1, 0.15) is 15.9 Å². The van der Waals surface area contributed by atoms with Gasteiger partial charge in [0, 0.05) is 49.0 Å². The van der Waals surface area contributed by atoms with Gasteiger partial charge in [0.05, 0.1) is 12.8 Å². The molecule has 0 spiro atoms. The van der Waals surface area contributed by atoms with Gasteiger partial charge >= 0.3 is 0 Å². The predicted molar refractivity (Wildman–Crippen MR) is 126 cm³/mol. The highest BCUT2D eigenvalue weighted by Gasteiger charge is 2.20. The smallest absolute Gasteiger partial charge is 0.255 e. The largest absolute Gasteiger partial charge is 0.495 e. The minimum atomic E-state index is -0.334. The maximum absolute atomic E-state index is 13.1. The van der Waals surface area contributed by atoms with Crippen LogP contribution in [0.15, 0.2) is 66.7 Å². The van der Waals surface area contributed by atoms with Gasteiger partial charge in [0.2, 0.25) is 0 Å². The minimum absolute atomic E-state index is 0.212. The number of carbonyl (C=O) groups is 1. The lowest BCUT2D eigenvalue weighted by Gasteiger charge is -2.36. The maximum Gasteiger partial charge on any atom is 0.255 e. The summed E-state index contributed by atoms with van der Waals surface area (Å²) in [5, 5.41) is 3.50. The number of ether oxygens (including phenoxy) is 1. The van der Waals surface area contributed by atoms with Gasteiger partial charge in [0.25, 0.3) is 5.91 Å². The molecule has 1 saturated heterocycles. The second-order valence-electron chi connectivity index (χ2n) is 7.74. The van der Waals surface area contributed by atoms with Crippen LogP contribution in [0, 0.1) is 5.82 Å². The number of halogens is 2. The van der Waals surface area contributed by atoms with Crippen molar-refractivity contribution in [3.05, 3.63) is 88.7 Å². The van der Waals surface area contributed by atoms with Gasteiger partial charge in [-0.25, -0.2) is 4.39 Å². The van der Waals surface area contributed by atoms with E-state index in [1.165, 1.54) is 12.1 Å². The van der Waals surface area contributed by atoms with E-state index in [2.05, 4.69) is 15.1 Å². The van der Waals surface area contributed by atoms with Crippen LogP contribution in [0.4, 0.5) is 15.8 Å². The Balaban J connectivity index is 1.36. The van der Waals surface area contributed by atoms with E-state index in [0.29, 0.717) is 16.3 Å². The van der Waals surface area contributed by atoms with Gasteiger partial charge in [-0.05, 0) is 60.2 Å². The first kappa shape index (κ1) is 22.1. The monoisotopic (exact) mass is 453 g/mol. The topological polar surface area (TPSA) is 44.8 Å². The predicted octanol–water partition coefficient (Wildman–Crippen LogP) is 5.06. The molecule has 0 saturated carbocycles. The third-order valence-corrected chi connectivity index (χ3v) is 5.79. The number of hydrogen-bond donors (Lipinski definition) is 1. The summed E-state index contributed by atoms with van der Waals surface area (Å²) in [4.78, 5) is 17.2. The van der Waals surface area contributed by atoms with Crippen molar-refractivity contribution in [1.82, 2.24) is 4.90 Å². The van der Waals surface area contributed by atoms with Gasteiger partial charge in [-0.2, -0.15) is 0 Å². The first-order valence-electron chi connectivity index (χ1n) is 10.5. The van der Waals surface area contributed by atoms with Gasteiger partial charge in [-0.15, -0.1) is 0 Å². The van der Waals surface area contributed by atoms with Crippen molar-refractivity contribution in [2.45, 2.75) is 6.54 Å². The lowest BCUT2D eigenvalue weighted by molar-refractivity contribution is 0.102. The number of nitrogens with zero attached hydrogens (tertiary/aromatic N) is 2. The molecule has 7 heteroatoms. The number of benzene rings is 3. The van der Waals surface area contributed by atoms with Crippen molar-refractivity contribution >= 4 is 28.9 Å². The molecule has 1 amide bonds. The van der Waals surface area contributed by atoms with E-state index in [9.17, 15) is 9.18 Å². The van der Waals surface area contributed by atoms with Crippen molar-refractivity contribution in [2.24, 2.45) is 0 Å². The first-order chi connectivity index (χ1) is 15.5. The summed E-state index contributed by atoms with van der Waals surface area (Å²) in [6.07, 6.45) is 0. The lowest BCUT2D eigenvalue weighted by atomic mass is 10.1. The molecule has 1 N–H and O–H groups in total. The lowest BCUT2D eigenvalue weighted by Crippen LogP contribution is -2.46. The van der Waals surface area contributed by atoms with Crippen LogP contribution in [-0.2, 0) is 6.54 Å². The number of piperazine rings is 1. The van der Waals surface area contributed by atoms with E-state index in [4.69, 9.17) is 16.3 Å². The van der Waals surface area contributed by atoms with Gasteiger partial charge < -0.3 is 15.0 Å². The van der Waals surface area contributed by atoms with E-state index in [1.54, 1.807) is 25.3 Å². The molecule has 0 aromatic heterocycles. The van der Waals surface area contributed by atoms with Crippen LogP contribution in [0.2, 0.25) is 5.02 Å². The quantitative estimate of drug-likeness (QED) is 0.566. The van der Waals surface area contributed by atoms with Crippen LogP contribution in [-0.4, -0.2) is 44.1 Å². The Labute approximate surface area is 192 Å². The molecule has 3 aromatic carbocycles. The Morgan fingerprint density at radius 3 is 2.50 bits per heavy atom. The average molecular weight is 454 g/mol. The highest BCUT2D eigenvalue weighted by Crippen LogP contribution is 2.32. The van der Waals surface area contributed by atoms with Crippen LogP contribution in [0.25, 0.3) is 0 Å². The molecule has 0 atom stereocenters. The van der Waals surface area contributed by atoms with Crippen LogP contribution < -0.4 is 15.0 Å². The summed E-state index contributed by atoms with van der Waals surface area (Å²) in [5.41, 5.74) is 3.23. The van der Waals surface area contributed by atoms with E-state index in [-0.39, 0.29) is 11.7 Å². The molecule has 0 bridgehead atoms. The maximum atomic E-state index is 13.1. The number of amides is 1. The molecule has 166 valence electrons. The molecule has 0 aliphatic carbocycles. The summed E-state index contributed by atoms with van der Waals surface area (Å²) in [6, 6.07) is 19.0. The Morgan fingerprint density at radius 1 is 1.03 bits per heavy atom. The van der Waals surface area contributed by atoms with Crippen molar-refractivity contribution in [1.29, 1.82) is 0 Å². The van der Waals surface area contributed by atoms with Crippen molar-refractivity contribution in [2.75, 3.05) is 43.5 Å². The fraction of sp³-hybridized carbons (Fsp3) is 0.240. The molecular weight excluding hydrogens is 429 g/mol. The molecule has 0 radical (unpaired) electrons. The van der Waals surface area contributed by atoms with Crippen molar-refractivity contribution < 1.29 is 13.9 Å². The number of hydrogen-bond acceptors (Lipinski definition) is 4. The zero-order chi connectivity index (χ0) is 22.5. The number of methoxy groups -OCH3 is 1. The molecule has 5 nitrogen and oxygen atoms in total. The summed E-state index contributed by atoms with van der Waals surface area (Å²) >= 11 is 6.19. The Bertz CT molecular complexity index is 1080. The number of carbonyl (C=O) groups excluding carboxylic acids is 1. The molecule has 0 unspecified atom stereocenters. The third kappa shape index (κ3) is 5.39. The molecule has 1 aliphatic heterocycles. The second-order valence-corrected chi connectivity index (χ2v) is 8.18. The molecule has 1 heterocycles. The highest BCUT2D eigenvalue weighted by atomic mass is 35.5. The Kier molecular flexibility index (Phi) is 6.93. The molecule has 3 aromatic rings. The van der Waals surface area contributed by atoms with Gasteiger partial charge in [-0.1, -0.05) is 23.7 Å². The normalized spacial score (nSPS) is 14.3. The molecular formula is C25H25ClFN3O2. The third-order valence-electron chi connectivity index (χ3n) is 5.55. The standard InChI is InChI=1S/C25H25ClFN3O2/c1-32-24-10-5-20(26)16-23(24)30-13-11-29(12-14-30)17-18-3-2-4-19(15-18)25(31)28-22-8-6-21(27)7-9-22/h2-10,15-16H,11-14,17H2,1H3,(H,28,31). The molecule has 1 aliphatic rings. The number of rotatable bonds is 6. The van der Waals surface area contributed by atoms with Crippen molar-refractivity contribution in [3.63, 3.8) is 0 Å². The Hall–Kier alpha value is -3.09. The fourth-order valence-corrected chi connectivity index (χ4v) is 4.03. The van der Waals surface area contributed by atoms with Crippen LogP contribution in [0.5, 0.6) is 5.75 Å². The van der Waals surface area contributed by atoms with E-state index < -0.39 is 0 Å². The summed E-state index contributed by atoms with van der Waals surface area (Å²) < 4.78 is 18.6. The van der Waals surface area contributed by atoms with E-state index in [1.807, 2.05) is 36.4 Å². The molecule has 4 rings (SSSR count). The van der Waals surface area contributed by atoms with Crippen LogP contribution in [0.3, 0.4) is 0 Å². The van der Waals surface area contributed by atoms with Gasteiger partial charge in [0.15, 0.2) is 0 Å². The Morgan fingerprint density at radius 2 is 1.78 bits per heavy atom. The summed E-state index contributed by atoms with van der Waals surface area (Å²) in [7, 11) is 1.67.